The standard InChI is InChI=1S/C12H15N5O/c1-17-8-11(15-16-17)12(18)14-7-10-4-2-9(6-13)3-5-10/h2-5,8H,6-7,13H2,1H3,(H,14,18). The van der Waals surface area contributed by atoms with Gasteiger partial charge in [-0.2, -0.15) is 0 Å². The SMILES string of the molecule is Cn1cc(C(=O)NCc2ccc(CN)cc2)nn1. The molecule has 0 bridgehead atoms. The van der Waals surface area contributed by atoms with E-state index in [1.807, 2.05) is 24.3 Å². The average molecular weight is 245 g/mol. The Morgan fingerprint density at radius 3 is 2.56 bits per heavy atom. The van der Waals surface area contributed by atoms with Gasteiger partial charge < -0.3 is 11.1 Å². The molecular weight excluding hydrogens is 230 g/mol. The van der Waals surface area contributed by atoms with Crippen molar-refractivity contribution in [1.29, 1.82) is 0 Å². The number of nitrogens with zero attached hydrogens (tertiary/aromatic N) is 3. The summed E-state index contributed by atoms with van der Waals surface area (Å²) in [5, 5.41) is 10.2. The van der Waals surface area contributed by atoms with Crippen molar-refractivity contribution >= 4 is 5.91 Å². The highest BCUT2D eigenvalue weighted by molar-refractivity contribution is 5.91. The summed E-state index contributed by atoms with van der Waals surface area (Å²) in [5.74, 6) is -0.231. The third-order valence-corrected chi connectivity index (χ3v) is 2.55. The Kier molecular flexibility index (Phi) is 3.69. The van der Waals surface area contributed by atoms with Crippen LogP contribution in [0.25, 0.3) is 0 Å². The minimum Gasteiger partial charge on any atom is -0.347 e. The third kappa shape index (κ3) is 2.92. The molecule has 0 atom stereocenters. The topological polar surface area (TPSA) is 85.8 Å². The van der Waals surface area contributed by atoms with E-state index in [0.29, 0.717) is 18.8 Å². The molecule has 3 N–H and O–H groups in total. The van der Waals surface area contributed by atoms with Crippen molar-refractivity contribution in [2.24, 2.45) is 12.8 Å². The van der Waals surface area contributed by atoms with E-state index in [4.69, 9.17) is 5.73 Å². The molecule has 1 aromatic carbocycles. The summed E-state index contributed by atoms with van der Waals surface area (Å²) in [4.78, 5) is 11.7. The van der Waals surface area contributed by atoms with E-state index in [1.54, 1.807) is 13.2 Å². The molecule has 1 heterocycles. The number of hydrogen-bond acceptors (Lipinski definition) is 4. The zero-order valence-electron chi connectivity index (χ0n) is 10.1. The van der Waals surface area contributed by atoms with E-state index in [1.165, 1.54) is 4.68 Å². The summed E-state index contributed by atoms with van der Waals surface area (Å²) >= 11 is 0. The lowest BCUT2D eigenvalue weighted by Crippen LogP contribution is -2.23. The van der Waals surface area contributed by atoms with Crippen molar-refractivity contribution in [3.8, 4) is 0 Å². The summed E-state index contributed by atoms with van der Waals surface area (Å²) in [6.45, 7) is 0.979. The molecule has 0 spiro atoms. The van der Waals surface area contributed by atoms with Crippen LogP contribution in [-0.4, -0.2) is 20.9 Å². The number of carbonyl (C=O) groups excluding carboxylic acids is 1. The largest absolute Gasteiger partial charge is 0.347 e. The predicted molar refractivity (Wildman–Crippen MR) is 66.5 cm³/mol. The number of hydrogen-bond donors (Lipinski definition) is 2. The van der Waals surface area contributed by atoms with Crippen molar-refractivity contribution < 1.29 is 4.79 Å². The first kappa shape index (κ1) is 12.3. The number of aromatic nitrogens is 3. The van der Waals surface area contributed by atoms with Gasteiger partial charge in [-0.1, -0.05) is 29.5 Å². The normalized spacial score (nSPS) is 10.3. The molecule has 94 valence electrons. The average Bonchev–Trinajstić information content (AvgIpc) is 2.83. The van der Waals surface area contributed by atoms with Crippen molar-refractivity contribution in [2.45, 2.75) is 13.1 Å². The molecule has 6 heteroatoms. The maximum atomic E-state index is 11.7. The summed E-state index contributed by atoms with van der Waals surface area (Å²) in [7, 11) is 1.72. The van der Waals surface area contributed by atoms with Crippen molar-refractivity contribution in [3.63, 3.8) is 0 Å². The first-order chi connectivity index (χ1) is 8.69. The van der Waals surface area contributed by atoms with Gasteiger partial charge in [0.25, 0.3) is 5.91 Å². The maximum Gasteiger partial charge on any atom is 0.273 e. The lowest BCUT2D eigenvalue weighted by Gasteiger charge is -2.04. The number of amides is 1. The monoisotopic (exact) mass is 245 g/mol. The van der Waals surface area contributed by atoms with Crippen molar-refractivity contribution in [3.05, 3.63) is 47.3 Å². The second-order valence-electron chi connectivity index (χ2n) is 3.98. The third-order valence-electron chi connectivity index (χ3n) is 2.55. The Labute approximate surface area is 105 Å². The van der Waals surface area contributed by atoms with Crippen LogP contribution in [0.3, 0.4) is 0 Å². The Bertz CT molecular complexity index is 532. The smallest absolute Gasteiger partial charge is 0.273 e. The number of benzene rings is 1. The lowest BCUT2D eigenvalue weighted by atomic mass is 10.1. The van der Waals surface area contributed by atoms with Crippen LogP contribution in [0, 0.1) is 0 Å². The molecule has 0 radical (unpaired) electrons. The first-order valence-electron chi connectivity index (χ1n) is 5.61. The van der Waals surface area contributed by atoms with E-state index >= 15 is 0 Å². The highest BCUT2D eigenvalue weighted by atomic mass is 16.2. The summed E-state index contributed by atoms with van der Waals surface area (Å²) < 4.78 is 1.49. The molecule has 0 saturated carbocycles. The fraction of sp³-hybridized carbons (Fsp3) is 0.250. The van der Waals surface area contributed by atoms with Crippen LogP contribution < -0.4 is 11.1 Å². The fourth-order valence-corrected chi connectivity index (χ4v) is 1.52. The summed E-state index contributed by atoms with van der Waals surface area (Å²) in [5.41, 5.74) is 7.92. The number of nitrogens with two attached hydrogens (primary N) is 1. The van der Waals surface area contributed by atoms with Gasteiger partial charge in [-0.25, -0.2) is 0 Å². The molecule has 2 rings (SSSR count). The lowest BCUT2D eigenvalue weighted by molar-refractivity contribution is 0.0946. The van der Waals surface area contributed by atoms with Gasteiger partial charge in [-0.15, -0.1) is 5.10 Å². The van der Waals surface area contributed by atoms with Crippen molar-refractivity contribution in [1.82, 2.24) is 20.3 Å². The molecule has 2 aromatic rings. The second kappa shape index (κ2) is 5.42. The van der Waals surface area contributed by atoms with Gasteiger partial charge in [-0.05, 0) is 11.1 Å². The summed E-state index contributed by atoms with van der Waals surface area (Å²) in [6, 6.07) is 7.78. The molecule has 0 aliphatic rings. The molecule has 0 saturated heterocycles. The van der Waals surface area contributed by atoms with Crippen LogP contribution in [0.1, 0.15) is 21.6 Å². The van der Waals surface area contributed by atoms with Crippen LogP contribution in [-0.2, 0) is 20.1 Å². The van der Waals surface area contributed by atoms with Gasteiger partial charge in [0.15, 0.2) is 5.69 Å². The molecule has 18 heavy (non-hydrogen) atoms. The number of rotatable bonds is 4. The highest BCUT2D eigenvalue weighted by Gasteiger charge is 2.08. The number of aryl methyl sites for hydroxylation is 1. The van der Waals surface area contributed by atoms with Gasteiger partial charge in [0.1, 0.15) is 0 Å². The Hall–Kier alpha value is -2.21. The molecular formula is C12H15N5O. The van der Waals surface area contributed by atoms with E-state index in [2.05, 4.69) is 15.6 Å². The predicted octanol–water partition coefficient (Wildman–Crippen LogP) is 0.204. The van der Waals surface area contributed by atoms with Gasteiger partial charge in [0.2, 0.25) is 0 Å². The quantitative estimate of drug-likeness (QED) is 0.806. The molecule has 0 aliphatic heterocycles. The van der Waals surface area contributed by atoms with Crippen LogP contribution >= 0.6 is 0 Å². The van der Waals surface area contributed by atoms with Gasteiger partial charge in [0, 0.05) is 20.1 Å². The molecule has 1 amide bonds. The molecule has 0 aliphatic carbocycles. The number of nitrogens with one attached hydrogen (secondary N) is 1. The number of carbonyl (C=O) groups is 1. The molecule has 0 fully saturated rings. The zero-order valence-corrected chi connectivity index (χ0v) is 10.1. The first-order valence-corrected chi connectivity index (χ1v) is 5.61. The van der Waals surface area contributed by atoms with E-state index in [9.17, 15) is 4.79 Å². The maximum absolute atomic E-state index is 11.7. The summed E-state index contributed by atoms with van der Waals surface area (Å²) in [6.07, 6.45) is 1.58. The van der Waals surface area contributed by atoms with Gasteiger partial charge >= 0.3 is 0 Å². The van der Waals surface area contributed by atoms with E-state index < -0.39 is 0 Å². The minimum atomic E-state index is -0.231. The van der Waals surface area contributed by atoms with Crippen LogP contribution in [0.15, 0.2) is 30.5 Å². The second-order valence-corrected chi connectivity index (χ2v) is 3.98. The highest BCUT2D eigenvalue weighted by Crippen LogP contribution is 2.03. The molecule has 1 aromatic heterocycles. The molecule has 6 nitrogen and oxygen atoms in total. The van der Waals surface area contributed by atoms with E-state index in [0.717, 1.165) is 11.1 Å². The van der Waals surface area contributed by atoms with Crippen LogP contribution in [0.5, 0.6) is 0 Å². The van der Waals surface area contributed by atoms with E-state index in [-0.39, 0.29) is 5.91 Å². The van der Waals surface area contributed by atoms with Gasteiger partial charge in [0.05, 0.1) is 6.20 Å². The Morgan fingerprint density at radius 2 is 2.00 bits per heavy atom. The Morgan fingerprint density at radius 1 is 1.33 bits per heavy atom. The van der Waals surface area contributed by atoms with Crippen LogP contribution in [0.4, 0.5) is 0 Å². The fourth-order valence-electron chi connectivity index (χ4n) is 1.52. The van der Waals surface area contributed by atoms with Crippen molar-refractivity contribution in [2.75, 3.05) is 0 Å². The van der Waals surface area contributed by atoms with Crippen LogP contribution in [0.2, 0.25) is 0 Å². The zero-order chi connectivity index (χ0) is 13.0. The minimum absolute atomic E-state index is 0.231. The Balaban J connectivity index is 1.92. The molecule has 0 unspecified atom stereocenters. The van der Waals surface area contributed by atoms with Gasteiger partial charge in [-0.3, -0.25) is 9.48 Å².